The number of carbonyl (C=O) groups excluding carboxylic acids is 1. The molecular formula is C14H19N3O. The van der Waals surface area contributed by atoms with E-state index in [1.807, 2.05) is 25.3 Å². The van der Waals surface area contributed by atoms with Crippen LogP contribution in [0.15, 0.2) is 24.5 Å². The second-order valence-electron chi connectivity index (χ2n) is 5.41. The summed E-state index contributed by atoms with van der Waals surface area (Å²) in [6.07, 6.45) is 6.93. The zero-order valence-electron chi connectivity index (χ0n) is 10.6. The number of amides is 1. The molecule has 3 rings (SSSR count). The zero-order chi connectivity index (χ0) is 12.5. The van der Waals surface area contributed by atoms with Crippen molar-refractivity contribution >= 4 is 5.91 Å². The highest BCUT2D eigenvalue weighted by molar-refractivity contribution is 5.80. The van der Waals surface area contributed by atoms with Crippen LogP contribution >= 0.6 is 0 Å². The summed E-state index contributed by atoms with van der Waals surface area (Å²) < 4.78 is 0. The third-order valence-electron chi connectivity index (χ3n) is 4.18. The van der Waals surface area contributed by atoms with E-state index in [-0.39, 0.29) is 17.9 Å². The average Bonchev–Trinajstić information content (AvgIpc) is 3.02. The van der Waals surface area contributed by atoms with Gasteiger partial charge < -0.3 is 10.6 Å². The van der Waals surface area contributed by atoms with Crippen molar-refractivity contribution < 1.29 is 4.79 Å². The number of nitrogens with one attached hydrogen (secondary N) is 2. The summed E-state index contributed by atoms with van der Waals surface area (Å²) in [6, 6.07) is 4.90. The molecule has 1 amide bonds. The Bertz CT molecular complexity index is 434. The van der Waals surface area contributed by atoms with Crippen molar-refractivity contribution in [1.82, 2.24) is 15.6 Å². The van der Waals surface area contributed by atoms with E-state index in [0.717, 1.165) is 18.4 Å². The van der Waals surface area contributed by atoms with Gasteiger partial charge in [-0.05, 0) is 37.8 Å². The summed E-state index contributed by atoms with van der Waals surface area (Å²) in [5.74, 6) is 0.342. The van der Waals surface area contributed by atoms with E-state index in [1.165, 1.54) is 6.42 Å². The molecule has 0 aromatic carbocycles. The van der Waals surface area contributed by atoms with Crippen molar-refractivity contribution in [3.8, 4) is 0 Å². The molecule has 4 nitrogen and oxygen atoms in total. The molecule has 0 aliphatic carbocycles. The number of aromatic nitrogens is 1. The molecule has 2 aliphatic heterocycles. The number of fused-ring (bicyclic) bond motifs is 2. The molecule has 0 radical (unpaired) electrons. The lowest BCUT2D eigenvalue weighted by Gasteiger charge is -2.22. The van der Waals surface area contributed by atoms with E-state index < -0.39 is 0 Å². The Kier molecular flexibility index (Phi) is 3.04. The van der Waals surface area contributed by atoms with Gasteiger partial charge in [-0.3, -0.25) is 9.78 Å². The van der Waals surface area contributed by atoms with Crippen LogP contribution in [0.25, 0.3) is 0 Å². The molecule has 3 heterocycles. The molecule has 2 bridgehead atoms. The molecule has 2 aliphatic rings. The first-order chi connectivity index (χ1) is 8.74. The van der Waals surface area contributed by atoms with Gasteiger partial charge in [-0.1, -0.05) is 6.07 Å². The van der Waals surface area contributed by atoms with Crippen LogP contribution in [-0.2, 0) is 4.79 Å². The minimum absolute atomic E-state index is 0.0327. The Hall–Kier alpha value is -1.42. The Morgan fingerprint density at radius 2 is 2.44 bits per heavy atom. The Balaban J connectivity index is 1.61. The van der Waals surface area contributed by atoms with Gasteiger partial charge in [0.1, 0.15) is 0 Å². The van der Waals surface area contributed by atoms with Crippen LogP contribution in [0.2, 0.25) is 0 Å². The van der Waals surface area contributed by atoms with Gasteiger partial charge in [0.05, 0.1) is 12.0 Å². The van der Waals surface area contributed by atoms with Crippen LogP contribution in [0, 0.1) is 5.92 Å². The highest BCUT2D eigenvalue weighted by Crippen LogP contribution is 2.33. The molecule has 1 aromatic rings. The number of hydrogen-bond acceptors (Lipinski definition) is 3. The molecule has 4 atom stereocenters. The molecule has 18 heavy (non-hydrogen) atoms. The summed E-state index contributed by atoms with van der Waals surface area (Å²) in [6.45, 7) is 2.01. The average molecular weight is 245 g/mol. The monoisotopic (exact) mass is 245 g/mol. The molecule has 2 saturated heterocycles. The normalized spacial score (nSPS) is 31.3. The predicted octanol–water partition coefficient (Wildman–Crippen LogP) is 1.40. The third-order valence-corrected chi connectivity index (χ3v) is 4.18. The topological polar surface area (TPSA) is 54.0 Å². The van der Waals surface area contributed by atoms with E-state index in [4.69, 9.17) is 0 Å². The Labute approximate surface area is 107 Å². The second-order valence-corrected chi connectivity index (χ2v) is 5.41. The van der Waals surface area contributed by atoms with Crippen molar-refractivity contribution in [2.75, 3.05) is 0 Å². The van der Waals surface area contributed by atoms with Gasteiger partial charge in [0, 0.05) is 24.5 Å². The fourth-order valence-electron chi connectivity index (χ4n) is 3.15. The maximum absolute atomic E-state index is 12.2. The highest BCUT2D eigenvalue weighted by Gasteiger charge is 2.42. The largest absolute Gasteiger partial charge is 0.349 e. The van der Waals surface area contributed by atoms with Gasteiger partial charge in [0.25, 0.3) is 0 Å². The molecule has 0 spiro atoms. The second kappa shape index (κ2) is 4.69. The number of hydrogen-bond donors (Lipinski definition) is 2. The fourth-order valence-corrected chi connectivity index (χ4v) is 3.15. The number of pyridine rings is 1. The minimum Gasteiger partial charge on any atom is -0.349 e. The van der Waals surface area contributed by atoms with Crippen molar-refractivity contribution in [3.63, 3.8) is 0 Å². The summed E-state index contributed by atoms with van der Waals surface area (Å²) in [5.41, 5.74) is 1.06. The van der Waals surface area contributed by atoms with Crippen LogP contribution in [0.1, 0.15) is 37.8 Å². The quantitative estimate of drug-likeness (QED) is 0.846. The standard InChI is InChI=1S/C14H19N3O/c1-9(10-3-2-6-15-8-10)16-14(18)12-7-11-4-5-13(12)17-11/h2-3,6,8-9,11-13,17H,4-5,7H2,1H3,(H,16,18)/t9-,11?,12?,13?/m1/s1. The SMILES string of the molecule is C[C@@H](NC(=O)C1CC2CCC1N2)c1cccnc1. The summed E-state index contributed by atoms with van der Waals surface area (Å²) >= 11 is 0. The van der Waals surface area contributed by atoms with Crippen molar-refractivity contribution in [1.29, 1.82) is 0 Å². The molecule has 4 heteroatoms. The first kappa shape index (κ1) is 11.7. The van der Waals surface area contributed by atoms with Gasteiger partial charge in [-0.25, -0.2) is 0 Å². The van der Waals surface area contributed by atoms with E-state index in [2.05, 4.69) is 15.6 Å². The van der Waals surface area contributed by atoms with Crippen LogP contribution in [0.3, 0.4) is 0 Å². The Morgan fingerprint density at radius 1 is 1.56 bits per heavy atom. The zero-order valence-corrected chi connectivity index (χ0v) is 10.6. The van der Waals surface area contributed by atoms with Crippen molar-refractivity contribution in [3.05, 3.63) is 30.1 Å². The van der Waals surface area contributed by atoms with Crippen LogP contribution in [-0.4, -0.2) is 23.0 Å². The molecule has 0 saturated carbocycles. The minimum atomic E-state index is 0.0327. The summed E-state index contributed by atoms with van der Waals surface area (Å²) in [4.78, 5) is 16.3. The fraction of sp³-hybridized carbons (Fsp3) is 0.571. The lowest BCUT2D eigenvalue weighted by molar-refractivity contribution is -0.126. The van der Waals surface area contributed by atoms with E-state index in [0.29, 0.717) is 12.1 Å². The molecule has 2 N–H and O–H groups in total. The number of carbonyl (C=O) groups is 1. The summed E-state index contributed by atoms with van der Waals surface area (Å²) in [5, 5.41) is 6.60. The van der Waals surface area contributed by atoms with Gasteiger partial charge in [0.15, 0.2) is 0 Å². The molecule has 96 valence electrons. The van der Waals surface area contributed by atoms with Gasteiger partial charge in [-0.15, -0.1) is 0 Å². The maximum Gasteiger partial charge on any atom is 0.225 e. The maximum atomic E-state index is 12.2. The number of nitrogens with zero attached hydrogens (tertiary/aromatic N) is 1. The third kappa shape index (κ3) is 2.12. The smallest absolute Gasteiger partial charge is 0.225 e. The predicted molar refractivity (Wildman–Crippen MR) is 68.8 cm³/mol. The van der Waals surface area contributed by atoms with Crippen LogP contribution in [0.4, 0.5) is 0 Å². The van der Waals surface area contributed by atoms with Gasteiger partial charge in [-0.2, -0.15) is 0 Å². The molecule has 2 fully saturated rings. The van der Waals surface area contributed by atoms with Gasteiger partial charge in [0.2, 0.25) is 5.91 Å². The highest BCUT2D eigenvalue weighted by atomic mass is 16.2. The van der Waals surface area contributed by atoms with Crippen molar-refractivity contribution in [2.24, 2.45) is 5.92 Å². The van der Waals surface area contributed by atoms with Crippen LogP contribution < -0.4 is 10.6 Å². The summed E-state index contributed by atoms with van der Waals surface area (Å²) in [7, 11) is 0. The molecular weight excluding hydrogens is 226 g/mol. The number of rotatable bonds is 3. The van der Waals surface area contributed by atoms with E-state index in [1.54, 1.807) is 6.20 Å². The van der Waals surface area contributed by atoms with Crippen LogP contribution in [0.5, 0.6) is 0 Å². The lowest BCUT2D eigenvalue weighted by atomic mass is 9.88. The lowest BCUT2D eigenvalue weighted by Crippen LogP contribution is -2.38. The van der Waals surface area contributed by atoms with Gasteiger partial charge >= 0.3 is 0 Å². The van der Waals surface area contributed by atoms with E-state index >= 15 is 0 Å². The van der Waals surface area contributed by atoms with Crippen molar-refractivity contribution in [2.45, 2.75) is 44.3 Å². The first-order valence-corrected chi connectivity index (χ1v) is 6.70. The first-order valence-electron chi connectivity index (χ1n) is 6.70. The molecule has 1 aromatic heterocycles. The van der Waals surface area contributed by atoms with E-state index in [9.17, 15) is 4.79 Å². The molecule has 3 unspecified atom stereocenters. The Morgan fingerprint density at radius 3 is 3.06 bits per heavy atom.